The summed E-state index contributed by atoms with van der Waals surface area (Å²) in [6.07, 6.45) is 5.31. The molecule has 3 atom stereocenters. The lowest BCUT2D eigenvalue weighted by Gasteiger charge is -2.42. The summed E-state index contributed by atoms with van der Waals surface area (Å²) in [6.45, 7) is 10.3. The molecule has 3 saturated heterocycles. The predicted octanol–water partition coefficient (Wildman–Crippen LogP) is 6.35. The molecular formula is C35H41FN6O3. The van der Waals surface area contributed by atoms with Crippen LogP contribution in [0.4, 0.5) is 15.0 Å². The van der Waals surface area contributed by atoms with Gasteiger partial charge < -0.3 is 19.3 Å². The fourth-order valence-corrected chi connectivity index (χ4v) is 7.29. The molecule has 3 aliphatic heterocycles. The normalized spacial score (nSPS) is 22.0. The van der Waals surface area contributed by atoms with E-state index in [1.165, 1.54) is 0 Å². The van der Waals surface area contributed by atoms with Crippen molar-refractivity contribution in [1.82, 2.24) is 24.8 Å². The molecule has 2 unspecified atom stereocenters. The first-order chi connectivity index (χ1) is 21.6. The highest BCUT2D eigenvalue weighted by Crippen LogP contribution is 2.39. The van der Waals surface area contributed by atoms with Crippen molar-refractivity contribution in [2.75, 3.05) is 38.2 Å². The van der Waals surface area contributed by atoms with Gasteiger partial charge in [0.05, 0.1) is 17.5 Å². The molecule has 1 amide bonds. The molecule has 0 spiro atoms. The topological polar surface area (TPSA) is 83.9 Å². The van der Waals surface area contributed by atoms with Gasteiger partial charge in [-0.25, -0.2) is 9.18 Å². The predicted molar refractivity (Wildman–Crippen MR) is 173 cm³/mol. The van der Waals surface area contributed by atoms with Crippen LogP contribution in [0.15, 0.2) is 42.6 Å². The number of rotatable bonds is 5. The quantitative estimate of drug-likeness (QED) is 0.258. The highest BCUT2D eigenvalue weighted by molar-refractivity contribution is 6.00. The Morgan fingerprint density at radius 1 is 1.04 bits per heavy atom. The number of anilines is 1. The summed E-state index contributed by atoms with van der Waals surface area (Å²) in [5, 5.41) is 2.53. The second-order valence-corrected chi connectivity index (χ2v) is 13.8. The Labute approximate surface area is 263 Å². The zero-order chi connectivity index (χ0) is 31.5. The minimum atomic E-state index is -0.570. The fraction of sp³-hybridized carbons (Fsp3) is 0.486. The van der Waals surface area contributed by atoms with Gasteiger partial charge in [0.1, 0.15) is 29.2 Å². The van der Waals surface area contributed by atoms with E-state index in [0.29, 0.717) is 30.9 Å². The molecule has 0 saturated carbocycles. The Bertz CT molecular complexity index is 1760. The Kier molecular flexibility index (Phi) is 7.50. The average Bonchev–Trinajstić information content (AvgIpc) is 3.53. The number of likely N-dealkylation sites (N-methyl/N-ethyl adjacent to an activating group) is 1. The van der Waals surface area contributed by atoms with Crippen molar-refractivity contribution in [3.05, 3.63) is 54.0 Å². The molecule has 7 rings (SSSR count). The third kappa shape index (κ3) is 5.54. The van der Waals surface area contributed by atoms with Crippen molar-refractivity contribution in [1.29, 1.82) is 0 Å². The number of carbonyl (C=O) groups is 1. The summed E-state index contributed by atoms with van der Waals surface area (Å²) in [5.74, 6) is 0.0904. The number of carbonyl (C=O) groups excluding carboxylic acids is 1. The van der Waals surface area contributed by atoms with Crippen LogP contribution in [0.25, 0.3) is 32.9 Å². The molecular weight excluding hydrogens is 571 g/mol. The van der Waals surface area contributed by atoms with Crippen molar-refractivity contribution in [3.8, 4) is 17.3 Å². The summed E-state index contributed by atoms with van der Waals surface area (Å²) in [7, 11) is 2.09. The number of piperazine rings is 1. The van der Waals surface area contributed by atoms with E-state index in [-0.39, 0.29) is 41.4 Å². The summed E-state index contributed by atoms with van der Waals surface area (Å²) in [5.41, 5.74) is 1.65. The number of nitrogens with zero attached hydrogens (tertiary/aromatic N) is 6. The van der Waals surface area contributed by atoms with Crippen LogP contribution in [-0.4, -0.2) is 87.9 Å². The second kappa shape index (κ2) is 11.4. The molecule has 2 aromatic carbocycles. The van der Waals surface area contributed by atoms with E-state index in [9.17, 15) is 4.79 Å². The first-order valence-electron chi connectivity index (χ1n) is 16.0. The molecule has 45 heavy (non-hydrogen) atoms. The van der Waals surface area contributed by atoms with Crippen LogP contribution in [0.1, 0.15) is 52.0 Å². The number of amides is 1. The zero-order valence-corrected chi connectivity index (χ0v) is 26.7. The lowest BCUT2D eigenvalue weighted by molar-refractivity contribution is 0.0122. The monoisotopic (exact) mass is 612 g/mol. The molecule has 2 aromatic heterocycles. The summed E-state index contributed by atoms with van der Waals surface area (Å²) in [6, 6.07) is 12.3. The number of hydrogen-bond donors (Lipinski definition) is 0. The van der Waals surface area contributed by atoms with Gasteiger partial charge in [0.25, 0.3) is 0 Å². The standard InChI is InChI=1S/C35H41FN6O3/c1-21-9-6-10-22-11-7-13-26(28(21)22)30-29(36)31-27(17-37-30)32(39-33(38-31)44-20-25-12-8-16-40(25)5)41-18-23-14-15-24(19-41)42(23)34(43)45-35(2,3)4/h6-7,9-11,13,17,23-25H,8,12,14-16,18-20H2,1-5H3/t23?,24?,25-/m0/s1. The van der Waals surface area contributed by atoms with Crippen LogP contribution < -0.4 is 9.64 Å². The van der Waals surface area contributed by atoms with E-state index < -0.39 is 11.4 Å². The lowest BCUT2D eigenvalue weighted by Crippen LogP contribution is -2.57. The van der Waals surface area contributed by atoms with E-state index in [1.54, 1.807) is 6.20 Å². The number of ether oxygens (including phenoxy) is 2. The number of likely N-dealkylation sites (tertiary alicyclic amines) is 1. The van der Waals surface area contributed by atoms with Crippen LogP contribution in [0, 0.1) is 12.7 Å². The molecule has 236 valence electrons. The molecule has 10 heteroatoms. The first-order valence-corrected chi connectivity index (χ1v) is 16.0. The number of fused-ring (bicyclic) bond motifs is 4. The maximum atomic E-state index is 16.7. The molecule has 3 fully saturated rings. The van der Waals surface area contributed by atoms with Crippen LogP contribution in [0.5, 0.6) is 6.01 Å². The largest absolute Gasteiger partial charge is 0.462 e. The molecule has 0 radical (unpaired) electrons. The van der Waals surface area contributed by atoms with Crippen molar-refractivity contribution >= 4 is 33.6 Å². The van der Waals surface area contributed by atoms with Gasteiger partial charge in [-0.2, -0.15) is 9.97 Å². The van der Waals surface area contributed by atoms with Crippen LogP contribution >= 0.6 is 0 Å². The van der Waals surface area contributed by atoms with Gasteiger partial charge in [-0.3, -0.25) is 9.88 Å². The Morgan fingerprint density at radius 2 is 1.78 bits per heavy atom. The average molecular weight is 613 g/mol. The summed E-state index contributed by atoms with van der Waals surface area (Å²) >= 11 is 0. The van der Waals surface area contributed by atoms with E-state index in [2.05, 4.69) is 21.8 Å². The van der Waals surface area contributed by atoms with E-state index in [1.807, 2.05) is 69.0 Å². The van der Waals surface area contributed by atoms with E-state index in [0.717, 1.165) is 54.1 Å². The van der Waals surface area contributed by atoms with E-state index >= 15 is 4.39 Å². The molecule has 9 nitrogen and oxygen atoms in total. The summed E-state index contributed by atoms with van der Waals surface area (Å²) < 4.78 is 28.7. The third-order valence-electron chi connectivity index (χ3n) is 9.47. The van der Waals surface area contributed by atoms with Gasteiger partial charge in [0, 0.05) is 30.9 Å². The SMILES string of the molecule is Cc1cccc2cccc(-c3ncc4c(N5CC6CCC(C5)N6C(=O)OC(C)(C)C)nc(OC[C@@H]5CCCN5C)nc4c3F)c12. The fourth-order valence-electron chi connectivity index (χ4n) is 7.29. The number of benzene rings is 2. The van der Waals surface area contributed by atoms with Gasteiger partial charge in [0.2, 0.25) is 0 Å². The van der Waals surface area contributed by atoms with Gasteiger partial charge >= 0.3 is 12.1 Å². The maximum Gasteiger partial charge on any atom is 0.410 e. The molecule has 0 aliphatic carbocycles. The minimum Gasteiger partial charge on any atom is -0.462 e. The van der Waals surface area contributed by atoms with E-state index in [4.69, 9.17) is 19.4 Å². The smallest absolute Gasteiger partial charge is 0.410 e. The van der Waals surface area contributed by atoms with Gasteiger partial charge in [-0.15, -0.1) is 0 Å². The Balaban J connectivity index is 1.29. The van der Waals surface area contributed by atoms with Gasteiger partial charge in [-0.05, 0) is 83.3 Å². The van der Waals surface area contributed by atoms with Crippen LogP contribution in [-0.2, 0) is 4.74 Å². The van der Waals surface area contributed by atoms with Crippen LogP contribution in [0.3, 0.4) is 0 Å². The Hall–Kier alpha value is -4.05. The Morgan fingerprint density at radius 3 is 2.47 bits per heavy atom. The number of pyridine rings is 1. The van der Waals surface area contributed by atoms with Crippen molar-refractivity contribution in [2.45, 2.75) is 77.1 Å². The number of aromatic nitrogens is 3. The van der Waals surface area contributed by atoms with Crippen LogP contribution in [0.2, 0.25) is 0 Å². The van der Waals surface area contributed by atoms with Gasteiger partial charge in [-0.1, -0.05) is 36.4 Å². The highest BCUT2D eigenvalue weighted by Gasteiger charge is 2.45. The maximum absolute atomic E-state index is 16.7. The number of hydrogen-bond acceptors (Lipinski definition) is 8. The first kappa shape index (κ1) is 29.6. The molecule has 2 bridgehead atoms. The van der Waals surface area contributed by atoms with Crippen molar-refractivity contribution in [2.24, 2.45) is 0 Å². The molecule has 0 N–H and O–H groups in total. The third-order valence-corrected chi connectivity index (χ3v) is 9.47. The molecule has 4 aromatic rings. The van der Waals surface area contributed by atoms with Crippen molar-refractivity contribution in [3.63, 3.8) is 0 Å². The zero-order valence-electron chi connectivity index (χ0n) is 26.7. The minimum absolute atomic E-state index is 0.0316. The number of halogens is 1. The van der Waals surface area contributed by atoms with Crippen molar-refractivity contribution < 1.29 is 18.7 Å². The second-order valence-electron chi connectivity index (χ2n) is 13.8. The lowest BCUT2D eigenvalue weighted by atomic mass is 9.97. The summed E-state index contributed by atoms with van der Waals surface area (Å²) in [4.78, 5) is 33.7. The molecule has 5 heterocycles. The molecule has 3 aliphatic rings. The highest BCUT2D eigenvalue weighted by atomic mass is 19.1. The number of aryl methyl sites for hydroxylation is 1. The van der Waals surface area contributed by atoms with Gasteiger partial charge in [0.15, 0.2) is 5.82 Å².